The summed E-state index contributed by atoms with van der Waals surface area (Å²) in [6.07, 6.45) is 5.68. The van der Waals surface area contributed by atoms with Crippen molar-refractivity contribution in [2.45, 2.75) is 38.3 Å². The summed E-state index contributed by atoms with van der Waals surface area (Å²) in [5.41, 5.74) is 6.58. The molecule has 2 aromatic rings. The maximum atomic E-state index is 11.3. The highest BCUT2D eigenvalue weighted by Gasteiger charge is 2.32. The molecular formula is C24H29N3O2. The van der Waals surface area contributed by atoms with Gasteiger partial charge in [-0.25, -0.2) is 5.48 Å². The summed E-state index contributed by atoms with van der Waals surface area (Å²) in [7, 11) is 0. The highest BCUT2D eigenvalue weighted by molar-refractivity contribution is 5.91. The Morgan fingerprint density at radius 3 is 2.79 bits per heavy atom. The third-order valence-electron chi connectivity index (χ3n) is 6.17. The number of hydrogen-bond acceptors (Lipinski definition) is 4. The van der Waals surface area contributed by atoms with Gasteiger partial charge < -0.3 is 4.90 Å². The predicted octanol–water partition coefficient (Wildman–Crippen LogP) is 3.79. The molecule has 4 rings (SSSR count). The normalized spacial score (nSPS) is 21.7. The van der Waals surface area contributed by atoms with Crippen LogP contribution in [0.2, 0.25) is 0 Å². The molecule has 0 saturated carbocycles. The van der Waals surface area contributed by atoms with Crippen molar-refractivity contribution in [3.8, 4) is 0 Å². The molecule has 2 heterocycles. The largest absolute Gasteiger partial charge is 0.366 e. The smallest absolute Gasteiger partial charge is 0.267 e. The van der Waals surface area contributed by atoms with Gasteiger partial charge in [0.1, 0.15) is 0 Å². The van der Waals surface area contributed by atoms with Gasteiger partial charge in [0.05, 0.1) is 0 Å². The average Bonchev–Trinajstić information content (AvgIpc) is 3.30. The van der Waals surface area contributed by atoms with E-state index < -0.39 is 5.91 Å². The van der Waals surface area contributed by atoms with Crippen LogP contribution in [0.25, 0.3) is 6.08 Å². The van der Waals surface area contributed by atoms with E-state index in [2.05, 4.69) is 59.2 Å². The monoisotopic (exact) mass is 391 g/mol. The summed E-state index contributed by atoms with van der Waals surface area (Å²) < 4.78 is 0. The van der Waals surface area contributed by atoms with Crippen molar-refractivity contribution in [3.05, 3.63) is 71.3 Å². The molecule has 0 spiro atoms. The molecule has 29 heavy (non-hydrogen) atoms. The van der Waals surface area contributed by atoms with Gasteiger partial charge in [-0.05, 0) is 61.2 Å². The number of nitrogens with one attached hydrogen (secondary N) is 1. The third kappa shape index (κ3) is 4.52. The predicted molar refractivity (Wildman–Crippen MR) is 116 cm³/mol. The van der Waals surface area contributed by atoms with E-state index in [9.17, 15) is 4.79 Å². The standard InChI is InChI=1S/C24H29N3O2/c1-18-6-5-13-26(18)16-21-17-27(15-20-7-3-2-4-8-20)23-11-9-19(14-22(21)23)10-12-24(28)25-29/h2-4,7-12,14,18,21,29H,5-6,13,15-17H2,1H3,(H,25,28)/b12-10+. The van der Waals surface area contributed by atoms with E-state index in [0.717, 1.165) is 25.2 Å². The number of hydrogen-bond donors (Lipinski definition) is 2. The van der Waals surface area contributed by atoms with E-state index in [-0.39, 0.29) is 0 Å². The fraction of sp³-hybridized carbons (Fsp3) is 0.375. The lowest BCUT2D eigenvalue weighted by atomic mass is 9.98. The zero-order valence-corrected chi connectivity index (χ0v) is 16.9. The number of carbonyl (C=O) groups is 1. The summed E-state index contributed by atoms with van der Waals surface area (Å²) >= 11 is 0. The fourth-order valence-corrected chi connectivity index (χ4v) is 4.62. The van der Waals surface area contributed by atoms with Gasteiger partial charge in [0, 0.05) is 43.4 Å². The molecule has 0 aromatic heterocycles. The van der Waals surface area contributed by atoms with Gasteiger partial charge in [0.25, 0.3) is 5.91 Å². The zero-order valence-electron chi connectivity index (χ0n) is 16.9. The molecule has 2 aromatic carbocycles. The second-order valence-electron chi connectivity index (χ2n) is 8.18. The minimum Gasteiger partial charge on any atom is -0.366 e. The first-order valence-electron chi connectivity index (χ1n) is 10.4. The minimum absolute atomic E-state index is 0.453. The van der Waals surface area contributed by atoms with Gasteiger partial charge in [-0.1, -0.05) is 36.4 Å². The molecule has 2 atom stereocenters. The van der Waals surface area contributed by atoms with Crippen LogP contribution < -0.4 is 10.4 Å². The first-order valence-corrected chi connectivity index (χ1v) is 10.4. The Balaban J connectivity index is 1.60. The van der Waals surface area contributed by atoms with Crippen molar-refractivity contribution >= 4 is 17.7 Å². The van der Waals surface area contributed by atoms with Crippen molar-refractivity contribution in [1.29, 1.82) is 0 Å². The van der Waals surface area contributed by atoms with Crippen molar-refractivity contribution < 1.29 is 10.0 Å². The molecule has 1 amide bonds. The van der Waals surface area contributed by atoms with Crippen molar-refractivity contribution in [1.82, 2.24) is 10.4 Å². The Hall–Kier alpha value is -2.63. The quantitative estimate of drug-likeness (QED) is 0.447. The number of rotatable bonds is 6. The number of nitrogens with zero attached hydrogens (tertiary/aromatic N) is 2. The topological polar surface area (TPSA) is 55.8 Å². The number of benzene rings is 2. The van der Waals surface area contributed by atoms with E-state index >= 15 is 0 Å². The number of anilines is 1. The number of fused-ring (bicyclic) bond motifs is 1. The van der Waals surface area contributed by atoms with Crippen molar-refractivity contribution in [2.24, 2.45) is 0 Å². The molecule has 2 aliphatic rings. The molecule has 0 bridgehead atoms. The number of hydroxylamine groups is 1. The van der Waals surface area contributed by atoms with Crippen LogP contribution in [-0.4, -0.2) is 41.7 Å². The lowest BCUT2D eigenvalue weighted by molar-refractivity contribution is -0.124. The minimum atomic E-state index is -0.515. The second-order valence-corrected chi connectivity index (χ2v) is 8.18. The van der Waals surface area contributed by atoms with Gasteiger partial charge in [-0.15, -0.1) is 0 Å². The third-order valence-corrected chi connectivity index (χ3v) is 6.17. The number of likely N-dealkylation sites (tertiary alicyclic amines) is 1. The Labute approximate surface area is 172 Å². The van der Waals surface area contributed by atoms with Crippen LogP contribution in [0.4, 0.5) is 5.69 Å². The highest BCUT2D eigenvalue weighted by atomic mass is 16.5. The van der Waals surface area contributed by atoms with Crippen molar-refractivity contribution in [2.75, 3.05) is 24.5 Å². The lowest BCUT2D eigenvalue weighted by Gasteiger charge is -2.25. The Bertz CT molecular complexity index is 881. The average molecular weight is 392 g/mol. The van der Waals surface area contributed by atoms with E-state index in [1.807, 2.05) is 6.07 Å². The van der Waals surface area contributed by atoms with Crippen LogP contribution in [0, 0.1) is 0 Å². The molecule has 5 nitrogen and oxygen atoms in total. The molecule has 0 radical (unpaired) electrons. The van der Waals surface area contributed by atoms with Gasteiger partial charge >= 0.3 is 0 Å². The van der Waals surface area contributed by atoms with Crippen LogP contribution in [0.1, 0.15) is 42.4 Å². The zero-order chi connectivity index (χ0) is 20.2. The Morgan fingerprint density at radius 2 is 2.07 bits per heavy atom. The van der Waals surface area contributed by atoms with E-state index in [4.69, 9.17) is 5.21 Å². The molecule has 2 N–H and O–H groups in total. The molecule has 1 saturated heterocycles. The summed E-state index contributed by atoms with van der Waals surface area (Å²) in [6.45, 7) is 6.50. The van der Waals surface area contributed by atoms with Crippen molar-refractivity contribution in [3.63, 3.8) is 0 Å². The van der Waals surface area contributed by atoms with Gasteiger partial charge in [-0.3, -0.25) is 14.9 Å². The fourth-order valence-electron chi connectivity index (χ4n) is 4.62. The molecule has 5 heteroatoms. The van der Waals surface area contributed by atoms with E-state index in [1.54, 1.807) is 11.6 Å². The number of amides is 1. The summed E-state index contributed by atoms with van der Waals surface area (Å²) in [5, 5.41) is 8.71. The summed E-state index contributed by atoms with van der Waals surface area (Å²) in [5.74, 6) is -0.0621. The maximum Gasteiger partial charge on any atom is 0.267 e. The molecule has 152 valence electrons. The van der Waals surface area contributed by atoms with Gasteiger partial charge in [0.15, 0.2) is 0 Å². The van der Waals surface area contributed by atoms with Crippen LogP contribution in [0.3, 0.4) is 0 Å². The van der Waals surface area contributed by atoms with Gasteiger partial charge in [-0.2, -0.15) is 0 Å². The lowest BCUT2D eigenvalue weighted by Crippen LogP contribution is -2.33. The molecule has 2 aliphatic heterocycles. The Morgan fingerprint density at radius 1 is 1.24 bits per heavy atom. The first kappa shape index (κ1) is 19.7. The van der Waals surface area contributed by atoms with Gasteiger partial charge in [0.2, 0.25) is 0 Å². The van der Waals surface area contributed by atoms with E-state index in [0.29, 0.717) is 12.0 Å². The van der Waals surface area contributed by atoms with Crippen LogP contribution in [0.5, 0.6) is 0 Å². The molecular weight excluding hydrogens is 362 g/mol. The molecule has 1 fully saturated rings. The molecule has 2 unspecified atom stereocenters. The number of carbonyl (C=O) groups excluding carboxylic acids is 1. The van der Waals surface area contributed by atoms with Crippen LogP contribution in [0.15, 0.2) is 54.6 Å². The molecule has 0 aliphatic carbocycles. The maximum absolute atomic E-state index is 11.3. The van der Waals surface area contributed by atoms with Crippen LogP contribution >= 0.6 is 0 Å². The second kappa shape index (κ2) is 8.80. The SMILES string of the molecule is CC1CCCN1CC1CN(Cc2ccccc2)c2ccc(/C=C/C(=O)NO)cc21. The summed E-state index contributed by atoms with van der Waals surface area (Å²) in [4.78, 5) is 16.4. The van der Waals surface area contributed by atoms with E-state index in [1.165, 1.54) is 42.3 Å². The van der Waals surface area contributed by atoms with Crippen LogP contribution in [-0.2, 0) is 11.3 Å². The first-order chi connectivity index (χ1) is 14.1. The highest BCUT2D eigenvalue weighted by Crippen LogP contribution is 2.39. The summed E-state index contributed by atoms with van der Waals surface area (Å²) in [6, 6.07) is 17.7. The Kier molecular flexibility index (Phi) is 5.97.